The van der Waals surface area contributed by atoms with Crippen LogP contribution in [-0.4, -0.2) is 28.7 Å². The lowest BCUT2D eigenvalue weighted by atomic mass is 10.2. The van der Waals surface area contributed by atoms with Crippen LogP contribution in [0.2, 0.25) is 0 Å². The largest absolute Gasteiger partial charge is 0.466 e. The maximum Gasteiger partial charge on any atom is 0.307 e. The minimum Gasteiger partial charge on any atom is -0.466 e. The smallest absolute Gasteiger partial charge is 0.307 e. The van der Waals surface area contributed by atoms with Crippen LogP contribution in [0.3, 0.4) is 0 Å². The Morgan fingerprint density at radius 1 is 1.60 bits per heavy atom. The summed E-state index contributed by atoms with van der Waals surface area (Å²) in [6.45, 7) is 2.80. The molecule has 6 heteroatoms. The SMILES string of the molecule is CCOC(=O)CCNC(c1cccs1)c1nccn1C. The number of aryl methyl sites for hydroxylation is 1. The van der Waals surface area contributed by atoms with Crippen molar-refractivity contribution in [3.8, 4) is 0 Å². The molecule has 2 rings (SSSR count). The summed E-state index contributed by atoms with van der Waals surface area (Å²) in [4.78, 5) is 17.0. The molecule has 0 saturated carbocycles. The summed E-state index contributed by atoms with van der Waals surface area (Å²) in [6.07, 6.45) is 4.06. The van der Waals surface area contributed by atoms with Crippen LogP contribution < -0.4 is 5.32 Å². The number of esters is 1. The summed E-state index contributed by atoms with van der Waals surface area (Å²) in [5.41, 5.74) is 0. The van der Waals surface area contributed by atoms with Crippen LogP contribution in [0, 0.1) is 0 Å². The first-order valence-corrected chi connectivity index (χ1v) is 7.50. The zero-order valence-electron chi connectivity index (χ0n) is 11.7. The minimum atomic E-state index is -0.176. The highest BCUT2D eigenvalue weighted by Gasteiger charge is 2.19. The fourth-order valence-corrected chi connectivity index (χ4v) is 2.78. The third-order valence-electron chi connectivity index (χ3n) is 2.93. The van der Waals surface area contributed by atoms with Crippen LogP contribution in [0.4, 0.5) is 0 Å². The van der Waals surface area contributed by atoms with E-state index in [9.17, 15) is 4.79 Å². The number of carbonyl (C=O) groups is 1. The van der Waals surface area contributed by atoms with Crippen molar-refractivity contribution in [1.29, 1.82) is 0 Å². The minimum absolute atomic E-state index is 0.00410. The Bertz CT molecular complexity index is 536. The molecular weight excluding hydrogens is 274 g/mol. The molecule has 5 nitrogen and oxygen atoms in total. The topological polar surface area (TPSA) is 56.1 Å². The Hall–Kier alpha value is -1.66. The molecule has 108 valence electrons. The summed E-state index contributed by atoms with van der Waals surface area (Å²) < 4.78 is 6.92. The first kappa shape index (κ1) is 14.7. The van der Waals surface area contributed by atoms with E-state index < -0.39 is 0 Å². The van der Waals surface area contributed by atoms with Gasteiger partial charge in [0.15, 0.2) is 0 Å². The van der Waals surface area contributed by atoms with Gasteiger partial charge in [0.05, 0.1) is 13.0 Å². The molecule has 2 aromatic rings. The van der Waals surface area contributed by atoms with Crippen molar-refractivity contribution in [2.75, 3.05) is 13.2 Å². The maximum atomic E-state index is 11.4. The Morgan fingerprint density at radius 3 is 3.05 bits per heavy atom. The van der Waals surface area contributed by atoms with E-state index in [1.54, 1.807) is 17.5 Å². The van der Waals surface area contributed by atoms with Crippen LogP contribution in [0.5, 0.6) is 0 Å². The Labute approximate surface area is 122 Å². The highest BCUT2D eigenvalue weighted by molar-refractivity contribution is 7.10. The summed E-state index contributed by atoms with van der Waals surface area (Å²) in [5, 5.41) is 5.42. The molecule has 2 heterocycles. The van der Waals surface area contributed by atoms with Gasteiger partial charge >= 0.3 is 5.97 Å². The van der Waals surface area contributed by atoms with Crippen LogP contribution >= 0.6 is 11.3 Å². The third-order valence-corrected chi connectivity index (χ3v) is 3.86. The first-order valence-electron chi connectivity index (χ1n) is 6.62. The Morgan fingerprint density at radius 2 is 2.45 bits per heavy atom. The molecule has 0 radical (unpaired) electrons. The molecule has 0 fully saturated rings. The predicted molar refractivity (Wildman–Crippen MR) is 78.6 cm³/mol. The van der Waals surface area contributed by atoms with Gasteiger partial charge in [-0.25, -0.2) is 4.98 Å². The van der Waals surface area contributed by atoms with Gasteiger partial charge in [0.25, 0.3) is 0 Å². The molecule has 0 aromatic carbocycles. The van der Waals surface area contributed by atoms with Crippen molar-refractivity contribution in [1.82, 2.24) is 14.9 Å². The first-order chi connectivity index (χ1) is 9.72. The second kappa shape index (κ2) is 7.21. The van der Waals surface area contributed by atoms with E-state index in [2.05, 4.69) is 16.4 Å². The second-order valence-corrected chi connectivity index (χ2v) is 5.33. The van der Waals surface area contributed by atoms with Crippen LogP contribution in [0.15, 0.2) is 29.9 Å². The Balaban J connectivity index is 2.02. The number of rotatable bonds is 7. The number of aromatic nitrogens is 2. The lowest BCUT2D eigenvalue weighted by molar-refractivity contribution is -0.142. The van der Waals surface area contributed by atoms with E-state index in [1.165, 1.54) is 4.88 Å². The van der Waals surface area contributed by atoms with Crippen LogP contribution in [0.25, 0.3) is 0 Å². The van der Waals surface area contributed by atoms with Gasteiger partial charge in [-0.05, 0) is 18.4 Å². The van der Waals surface area contributed by atoms with E-state index in [4.69, 9.17) is 4.74 Å². The molecule has 20 heavy (non-hydrogen) atoms. The number of nitrogens with zero attached hydrogens (tertiary/aromatic N) is 2. The third kappa shape index (κ3) is 3.68. The standard InChI is InChI=1S/C14H19N3O2S/c1-3-19-12(18)6-7-15-13(11-5-4-10-20-11)14-16-8-9-17(14)2/h4-5,8-10,13,15H,3,6-7H2,1-2H3. The van der Waals surface area contributed by atoms with Gasteiger partial charge in [-0.15, -0.1) is 11.3 Å². The van der Waals surface area contributed by atoms with Crippen molar-refractivity contribution in [2.45, 2.75) is 19.4 Å². The van der Waals surface area contributed by atoms with Gasteiger partial charge in [-0.1, -0.05) is 6.07 Å². The van der Waals surface area contributed by atoms with E-state index in [1.807, 2.05) is 36.2 Å². The van der Waals surface area contributed by atoms with Crippen LogP contribution in [-0.2, 0) is 16.6 Å². The predicted octanol–water partition coefficient (Wildman–Crippen LogP) is 2.11. The van der Waals surface area contributed by atoms with E-state index in [0.717, 1.165) is 5.82 Å². The van der Waals surface area contributed by atoms with Crippen LogP contribution in [0.1, 0.15) is 30.1 Å². The zero-order valence-corrected chi connectivity index (χ0v) is 12.5. The van der Waals surface area contributed by atoms with E-state index in [-0.39, 0.29) is 12.0 Å². The highest BCUT2D eigenvalue weighted by atomic mass is 32.1. The molecule has 0 saturated heterocycles. The highest BCUT2D eigenvalue weighted by Crippen LogP contribution is 2.24. The lowest BCUT2D eigenvalue weighted by Crippen LogP contribution is -2.27. The maximum absolute atomic E-state index is 11.4. The van der Waals surface area contributed by atoms with Crippen molar-refractivity contribution >= 4 is 17.3 Å². The van der Waals surface area contributed by atoms with Crippen molar-refractivity contribution in [3.63, 3.8) is 0 Å². The normalized spacial score (nSPS) is 12.3. The van der Waals surface area contributed by atoms with Crippen molar-refractivity contribution in [3.05, 3.63) is 40.6 Å². The number of thiophene rings is 1. The van der Waals surface area contributed by atoms with Gasteiger partial charge in [-0.2, -0.15) is 0 Å². The molecule has 0 amide bonds. The molecular formula is C14H19N3O2S. The van der Waals surface area contributed by atoms with Gasteiger partial charge in [0.1, 0.15) is 11.9 Å². The number of hydrogen-bond acceptors (Lipinski definition) is 5. The summed E-state index contributed by atoms with van der Waals surface area (Å²) >= 11 is 1.68. The average molecular weight is 293 g/mol. The summed E-state index contributed by atoms with van der Waals surface area (Å²) in [5.74, 6) is 0.765. The van der Waals surface area contributed by atoms with Gasteiger partial charge in [0, 0.05) is 30.9 Å². The van der Waals surface area contributed by atoms with Gasteiger partial charge in [-0.3, -0.25) is 4.79 Å². The number of imidazole rings is 1. The number of nitrogens with one attached hydrogen (secondary N) is 1. The van der Waals surface area contributed by atoms with Crippen molar-refractivity contribution in [2.24, 2.45) is 7.05 Å². The molecule has 0 aliphatic heterocycles. The average Bonchev–Trinajstić information content (AvgIpc) is 3.07. The number of hydrogen-bond donors (Lipinski definition) is 1. The van der Waals surface area contributed by atoms with Gasteiger partial charge in [0.2, 0.25) is 0 Å². The molecule has 1 unspecified atom stereocenters. The Kier molecular flexibility index (Phi) is 5.31. The lowest BCUT2D eigenvalue weighted by Gasteiger charge is -2.17. The fraction of sp³-hybridized carbons (Fsp3) is 0.429. The van der Waals surface area contributed by atoms with Gasteiger partial charge < -0.3 is 14.6 Å². The zero-order chi connectivity index (χ0) is 14.4. The second-order valence-electron chi connectivity index (χ2n) is 4.35. The monoisotopic (exact) mass is 293 g/mol. The quantitative estimate of drug-likeness (QED) is 0.794. The summed E-state index contributed by atoms with van der Waals surface area (Å²) in [7, 11) is 1.97. The molecule has 0 aliphatic carbocycles. The molecule has 0 spiro atoms. The van der Waals surface area contributed by atoms with E-state index >= 15 is 0 Å². The molecule has 1 N–H and O–H groups in total. The molecule has 1 atom stereocenters. The number of carbonyl (C=O) groups excluding carboxylic acids is 1. The fourth-order valence-electron chi connectivity index (χ4n) is 1.98. The molecule has 2 aromatic heterocycles. The molecule has 0 aliphatic rings. The van der Waals surface area contributed by atoms with E-state index in [0.29, 0.717) is 19.6 Å². The number of ether oxygens (including phenoxy) is 1. The van der Waals surface area contributed by atoms with Crippen molar-refractivity contribution < 1.29 is 9.53 Å². The summed E-state index contributed by atoms with van der Waals surface area (Å²) in [6, 6.07) is 4.09. The molecule has 0 bridgehead atoms.